The zero-order valence-corrected chi connectivity index (χ0v) is 6.50. The Morgan fingerprint density at radius 3 is 2.54 bits per heavy atom. The summed E-state index contributed by atoms with van der Waals surface area (Å²) in [5.41, 5.74) is 5.02. The number of hydrogen-bond acceptors (Lipinski definition) is 6. The van der Waals surface area contributed by atoms with Crippen LogP contribution in [0.15, 0.2) is 0 Å². The van der Waals surface area contributed by atoms with Crippen LogP contribution in [0.2, 0.25) is 0 Å². The molecular weight excluding hydrogens is 184 g/mol. The highest BCUT2D eigenvalue weighted by Gasteiger charge is 2.15. The number of aliphatic carboxylic acids is 1. The van der Waals surface area contributed by atoms with Crippen LogP contribution in [0, 0.1) is 10.1 Å². The molecule has 3 N–H and O–H groups in total. The summed E-state index contributed by atoms with van der Waals surface area (Å²) < 4.78 is 0. The standard InChI is InChI=1S/C5H8N2O6/c6-3(5(9)10)1-2-4(8)13-7(11)12/h3H,1-2,6H2,(H,9,10)/t3-/m0/s1. The van der Waals surface area contributed by atoms with Crippen molar-refractivity contribution in [2.75, 3.05) is 0 Å². The second-order valence-corrected chi connectivity index (χ2v) is 2.17. The molecule has 0 saturated carbocycles. The number of carbonyl (C=O) groups excluding carboxylic acids is 1. The van der Waals surface area contributed by atoms with E-state index >= 15 is 0 Å². The van der Waals surface area contributed by atoms with Crippen LogP contribution in [-0.4, -0.2) is 28.2 Å². The van der Waals surface area contributed by atoms with Crippen molar-refractivity contribution < 1.29 is 24.6 Å². The van der Waals surface area contributed by atoms with Gasteiger partial charge in [-0.2, -0.15) is 0 Å². The largest absolute Gasteiger partial charge is 0.480 e. The predicted molar refractivity (Wildman–Crippen MR) is 37.9 cm³/mol. The normalized spacial score (nSPS) is 11.8. The van der Waals surface area contributed by atoms with Gasteiger partial charge in [-0.05, 0) is 6.42 Å². The molecule has 0 aromatic rings. The van der Waals surface area contributed by atoms with Crippen LogP contribution in [0.1, 0.15) is 12.8 Å². The van der Waals surface area contributed by atoms with Gasteiger partial charge < -0.3 is 10.8 Å². The molecule has 0 saturated heterocycles. The Hall–Kier alpha value is -1.70. The Balaban J connectivity index is 3.70. The van der Waals surface area contributed by atoms with Crippen LogP contribution in [0.25, 0.3) is 0 Å². The van der Waals surface area contributed by atoms with E-state index in [1.807, 2.05) is 0 Å². The maximum absolute atomic E-state index is 10.5. The van der Waals surface area contributed by atoms with Gasteiger partial charge in [-0.3, -0.25) is 9.59 Å². The molecule has 8 nitrogen and oxygen atoms in total. The molecular formula is C5H8N2O6. The molecule has 1 atom stereocenters. The molecule has 0 aromatic heterocycles. The lowest BCUT2D eigenvalue weighted by Gasteiger charge is -2.03. The van der Waals surface area contributed by atoms with E-state index in [-0.39, 0.29) is 6.42 Å². The van der Waals surface area contributed by atoms with E-state index in [4.69, 9.17) is 10.8 Å². The van der Waals surface area contributed by atoms with E-state index in [1.165, 1.54) is 0 Å². The van der Waals surface area contributed by atoms with Crippen molar-refractivity contribution in [2.24, 2.45) is 5.73 Å². The molecule has 0 fully saturated rings. The first-order valence-electron chi connectivity index (χ1n) is 3.27. The maximum atomic E-state index is 10.5. The summed E-state index contributed by atoms with van der Waals surface area (Å²) in [7, 11) is 0. The highest BCUT2D eigenvalue weighted by molar-refractivity contribution is 5.75. The Kier molecular flexibility index (Phi) is 4.38. The lowest BCUT2D eigenvalue weighted by molar-refractivity contribution is -0.729. The Morgan fingerprint density at radius 1 is 1.62 bits per heavy atom. The van der Waals surface area contributed by atoms with Crippen LogP contribution < -0.4 is 5.73 Å². The van der Waals surface area contributed by atoms with Crippen LogP contribution in [0.4, 0.5) is 0 Å². The molecule has 0 heterocycles. The number of hydrogen-bond donors (Lipinski definition) is 2. The molecule has 0 aliphatic carbocycles. The van der Waals surface area contributed by atoms with E-state index in [9.17, 15) is 19.7 Å². The van der Waals surface area contributed by atoms with Crippen LogP contribution in [0.5, 0.6) is 0 Å². The molecule has 0 aliphatic heterocycles. The summed E-state index contributed by atoms with van der Waals surface area (Å²) in [6, 6.07) is -1.21. The molecule has 0 radical (unpaired) electrons. The summed E-state index contributed by atoms with van der Waals surface area (Å²) in [6.45, 7) is 0. The van der Waals surface area contributed by atoms with Gasteiger partial charge in [-0.1, -0.05) is 0 Å². The van der Waals surface area contributed by atoms with Gasteiger partial charge in [0.2, 0.25) is 0 Å². The second-order valence-electron chi connectivity index (χ2n) is 2.17. The van der Waals surface area contributed by atoms with Gasteiger partial charge in [0.1, 0.15) is 6.04 Å². The molecule has 0 spiro atoms. The minimum Gasteiger partial charge on any atom is -0.480 e. The summed E-state index contributed by atoms with van der Waals surface area (Å²) in [5.74, 6) is -2.38. The molecule has 74 valence electrons. The van der Waals surface area contributed by atoms with E-state index in [2.05, 4.69) is 4.84 Å². The molecule has 8 heteroatoms. The smallest absolute Gasteiger partial charge is 0.320 e. The van der Waals surface area contributed by atoms with Crippen molar-refractivity contribution in [2.45, 2.75) is 18.9 Å². The minimum absolute atomic E-state index is 0.192. The minimum atomic E-state index is -1.27. The SMILES string of the molecule is N[C@@H](CCC(=O)O[N+](=O)[O-])C(=O)O. The first kappa shape index (κ1) is 11.3. The fraction of sp³-hybridized carbons (Fsp3) is 0.600. The third-order valence-corrected chi connectivity index (χ3v) is 1.15. The van der Waals surface area contributed by atoms with Gasteiger partial charge in [0.05, 0.1) is 0 Å². The zero-order valence-electron chi connectivity index (χ0n) is 6.50. The molecule has 0 unspecified atom stereocenters. The molecule has 0 aliphatic rings. The Morgan fingerprint density at radius 2 is 2.15 bits per heavy atom. The third kappa shape index (κ3) is 5.56. The Bertz CT molecular complexity index is 227. The summed E-state index contributed by atoms with van der Waals surface area (Å²) in [4.78, 5) is 33.7. The maximum Gasteiger partial charge on any atom is 0.320 e. The molecule has 0 rings (SSSR count). The van der Waals surface area contributed by atoms with Gasteiger partial charge in [-0.25, -0.2) is 4.84 Å². The van der Waals surface area contributed by atoms with E-state index < -0.39 is 29.5 Å². The highest BCUT2D eigenvalue weighted by atomic mass is 17.0. The van der Waals surface area contributed by atoms with Crippen molar-refractivity contribution in [3.63, 3.8) is 0 Å². The van der Waals surface area contributed by atoms with Crippen LogP contribution in [0.3, 0.4) is 0 Å². The molecule has 0 aromatic carbocycles. The Labute approximate surface area is 72.4 Å². The van der Waals surface area contributed by atoms with Gasteiger partial charge in [0.15, 0.2) is 0 Å². The summed E-state index contributed by atoms with van der Waals surface area (Å²) >= 11 is 0. The lowest BCUT2D eigenvalue weighted by atomic mass is 10.2. The topological polar surface area (TPSA) is 133 Å². The van der Waals surface area contributed by atoms with E-state index in [1.54, 1.807) is 0 Å². The fourth-order valence-electron chi connectivity index (χ4n) is 0.526. The van der Waals surface area contributed by atoms with Crippen molar-refractivity contribution >= 4 is 11.9 Å². The second kappa shape index (κ2) is 5.04. The van der Waals surface area contributed by atoms with Crippen molar-refractivity contribution in [1.82, 2.24) is 0 Å². The fourth-order valence-corrected chi connectivity index (χ4v) is 0.526. The molecule has 13 heavy (non-hydrogen) atoms. The monoisotopic (exact) mass is 192 g/mol. The zero-order chi connectivity index (χ0) is 10.4. The quantitative estimate of drug-likeness (QED) is 0.417. The number of rotatable bonds is 5. The average Bonchev–Trinajstić information content (AvgIpc) is 1.98. The number of nitrogens with two attached hydrogens (primary N) is 1. The number of carboxylic acid groups (broad SMARTS) is 1. The summed E-state index contributed by atoms with van der Waals surface area (Å²) in [5, 5.41) is 16.6. The van der Waals surface area contributed by atoms with Gasteiger partial charge in [-0.15, -0.1) is 10.1 Å². The highest BCUT2D eigenvalue weighted by Crippen LogP contribution is 1.97. The number of nitrogens with zero attached hydrogens (tertiary/aromatic N) is 1. The van der Waals surface area contributed by atoms with Crippen molar-refractivity contribution in [3.05, 3.63) is 10.1 Å². The predicted octanol–water partition coefficient (Wildman–Crippen LogP) is -1.09. The number of carbonyl (C=O) groups is 2. The van der Waals surface area contributed by atoms with Gasteiger partial charge in [0.25, 0.3) is 0 Å². The lowest BCUT2D eigenvalue weighted by Crippen LogP contribution is -2.30. The average molecular weight is 192 g/mol. The van der Waals surface area contributed by atoms with E-state index in [0.717, 1.165) is 0 Å². The summed E-state index contributed by atoms with van der Waals surface area (Å²) in [6.07, 6.45) is -0.587. The third-order valence-electron chi connectivity index (χ3n) is 1.15. The van der Waals surface area contributed by atoms with Crippen molar-refractivity contribution in [3.8, 4) is 0 Å². The molecule has 0 amide bonds. The van der Waals surface area contributed by atoms with Crippen LogP contribution in [-0.2, 0) is 14.4 Å². The van der Waals surface area contributed by atoms with Gasteiger partial charge >= 0.3 is 17.0 Å². The van der Waals surface area contributed by atoms with Gasteiger partial charge in [0, 0.05) is 6.42 Å². The van der Waals surface area contributed by atoms with E-state index in [0.29, 0.717) is 0 Å². The first-order chi connectivity index (χ1) is 5.93. The van der Waals surface area contributed by atoms with Crippen molar-refractivity contribution in [1.29, 1.82) is 0 Å². The number of carboxylic acids is 1. The molecule has 0 bridgehead atoms. The van der Waals surface area contributed by atoms with Crippen LogP contribution >= 0.6 is 0 Å². The first-order valence-corrected chi connectivity index (χ1v) is 3.27.